The molecule has 0 atom stereocenters. The van der Waals surface area contributed by atoms with Crippen LogP contribution in [0.2, 0.25) is 0 Å². The molecular formula is C15H22BrNO2. The number of benzene rings is 1. The highest BCUT2D eigenvalue weighted by molar-refractivity contribution is 9.10. The van der Waals surface area contributed by atoms with E-state index in [2.05, 4.69) is 28.2 Å². The number of hydrogen-bond donors (Lipinski definition) is 1. The summed E-state index contributed by atoms with van der Waals surface area (Å²) in [5.41, 5.74) is 2.54. The number of nitrogens with one attached hydrogen (secondary N) is 1. The largest absolute Gasteiger partial charge is 0.493 e. The fraction of sp³-hybridized carbons (Fsp3) is 0.600. The van der Waals surface area contributed by atoms with Gasteiger partial charge in [0.15, 0.2) is 11.5 Å². The van der Waals surface area contributed by atoms with E-state index in [4.69, 9.17) is 9.47 Å². The molecule has 0 amide bonds. The number of piperidine rings is 1. The topological polar surface area (TPSA) is 30.5 Å². The molecule has 0 aromatic heterocycles. The summed E-state index contributed by atoms with van der Waals surface area (Å²) in [5, 5.41) is 3.41. The van der Waals surface area contributed by atoms with Gasteiger partial charge in [0.2, 0.25) is 0 Å². The lowest BCUT2D eigenvalue weighted by Gasteiger charge is -2.25. The Hall–Kier alpha value is -0.740. The highest BCUT2D eigenvalue weighted by Crippen LogP contribution is 2.39. The Labute approximate surface area is 123 Å². The average molecular weight is 328 g/mol. The molecule has 1 saturated heterocycles. The monoisotopic (exact) mass is 327 g/mol. The Morgan fingerprint density at radius 3 is 2.53 bits per heavy atom. The van der Waals surface area contributed by atoms with Crippen LogP contribution in [0.15, 0.2) is 10.5 Å². The second-order valence-electron chi connectivity index (χ2n) is 5.09. The first-order chi connectivity index (χ1) is 9.17. The van der Waals surface area contributed by atoms with E-state index < -0.39 is 0 Å². The van der Waals surface area contributed by atoms with Gasteiger partial charge in [-0.15, -0.1) is 0 Å². The molecule has 4 heteroatoms. The van der Waals surface area contributed by atoms with Gasteiger partial charge in [0, 0.05) is 4.47 Å². The van der Waals surface area contributed by atoms with Crippen LogP contribution in [0.5, 0.6) is 11.5 Å². The highest BCUT2D eigenvalue weighted by atomic mass is 79.9. The third kappa shape index (κ3) is 3.23. The minimum absolute atomic E-state index is 0.759. The lowest BCUT2D eigenvalue weighted by atomic mass is 9.89. The second kappa shape index (κ2) is 6.62. The summed E-state index contributed by atoms with van der Waals surface area (Å²) in [7, 11) is 3.38. The molecule has 106 valence electrons. The third-order valence-electron chi connectivity index (χ3n) is 3.94. The molecule has 0 spiro atoms. The van der Waals surface area contributed by atoms with Gasteiger partial charge in [-0.3, -0.25) is 0 Å². The minimum atomic E-state index is 0.759. The molecule has 3 nitrogen and oxygen atoms in total. The molecular weight excluding hydrogens is 306 g/mol. The number of halogens is 1. The maximum absolute atomic E-state index is 5.49. The van der Waals surface area contributed by atoms with E-state index in [9.17, 15) is 0 Å². The maximum atomic E-state index is 5.49. The predicted octanol–water partition coefficient (Wildman–Crippen LogP) is 3.32. The third-order valence-corrected chi connectivity index (χ3v) is 4.65. The average Bonchev–Trinajstić information content (AvgIpc) is 2.44. The van der Waals surface area contributed by atoms with Crippen molar-refractivity contribution in [2.24, 2.45) is 5.92 Å². The first kappa shape index (κ1) is 14.7. The van der Waals surface area contributed by atoms with Crippen molar-refractivity contribution in [3.63, 3.8) is 0 Å². The molecule has 0 bridgehead atoms. The standard InChI is InChI=1S/C15H22BrNO2/c1-10-12(8-11-4-6-17-7-5-11)13(16)9-14(18-2)15(10)19-3/h9,11,17H,4-8H2,1-3H3. The van der Waals surface area contributed by atoms with Crippen LogP contribution in [0.3, 0.4) is 0 Å². The molecule has 1 aliphatic heterocycles. The zero-order valence-corrected chi connectivity index (χ0v) is 13.5. The quantitative estimate of drug-likeness (QED) is 0.920. The SMILES string of the molecule is COc1cc(Br)c(CC2CCNCC2)c(C)c1OC. The summed E-state index contributed by atoms with van der Waals surface area (Å²) in [5.74, 6) is 2.41. The van der Waals surface area contributed by atoms with E-state index in [0.29, 0.717) is 0 Å². The molecule has 19 heavy (non-hydrogen) atoms. The van der Waals surface area contributed by atoms with Gasteiger partial charge in [-0.05, 0) is 62.4 Å². The zero-order chi connectivity index (χ0) is 13.8. The van der Waals surface area contributed by atoms with Gasteiger partial charge in [0.1, 0.15) is 0 Å². The van der Waals surface area contributed by atoms with Gasteiger partial charge >= 0.3 is 0 Å². The van der Waals surface area contributed by atoms with E-state index in [1.54, 1.807) is 14.2 Å². The first-order valence-electron chi connectivity index (χ1n) is 6.78. The molecule has 1 N–H and O–H groups in total. The van der Waals surface area contributed by atoms with Crippen LogP contribution in [0.4, 0.5) is 0 Å². The molecule has 1 aromatic carbocycles. The van der Waals surface area contributed by atoms with Gasteiger partial charge in [-0.2, -0.15) is 0 Å². The smallest absolute Gasteiger partial charge is 0.163 e. The van der Waals surface area contributed by atoms with Crippen LogP contribution in [-0.2, 0) is 6.42 Å². The maximum Gasteiger partial charge on any atom is 0.163 e. The van der Waals surface area contributed by atoms with Crippen LogP contribution in [0.25, 0.3) is 0 Å². The van der Waals surface area contributed by atoms with Crippen LogP contribution in [0, 0.1) is 12.8 Å². The summed E-state index contributed by atoms with van der Waals surface area (Å²) < 4.78 is 12.0. The van der Waals surface area contributed by atoms with Crippen molar-refractivity contribution in [1.82, 2.24) is 5.32 Å². The molecule has 1 fully saturated rings. The number of ether oxygens (including phenoxy) is 2. The van der Waals surface area contributed by atoms with E-state index >= 15 is 0 Å². The van der Waals surface area contributed by atoms with Crippen LogP contribution in [-0.4, -0.2) is 27.3 Å². The summed E-state index contributed by atoms with van der Waals surface area (Å²) in [6.45, 7) is 4.38. The van der Waals surface area contributed by atoms with Crippen LogP contribution < -0.4 is 14.8 Å². The first-order valence-corrected chi connectivity index (χ1v) is 7.57. The van der Waals surface area contributed by atoms with Crippen molar-refractivity contribution in [1.29, 1.82) is 0 Å². The molecule has 0 unspecified atom stereocenters. The van der Waals surface area contributed by atoms with Gasteiger partial charge in [-0.25, -0.2) is 0 Å². The lowest BCUT2D eigenvalue weighted by Crippen LogP contribution is -2.28. The minimum Gasteiger partial charge on any atom is -0.493 e. The van der Waals surface area contributed by atoms with Crippen molar-refractivity contribution in [2.75, 3.05) is 27.3 Å². The highest BCUT2D eigenvalue weighted by Gasteiger charge is 2.20. The summed E-state index contributed by atoms with van der Waals surface area (Å²) >= 11 is 3.68. The van der Waals surface area contributed by atoms with Gasteiger partial charge < -0.3 is 14.8 Å². The summed E-state index contributed by atoms with van der Waals surface area (Å²) in [6.07, 6.45) is 3.61. The molecule has 1 heterocycles. The zero-order valence-electron chi connectivity index (χ0n) is 11.9. The molecule has 1 aromatic rings. The number of methoxy groups -OCH3 is 2. The summed E-state index contributed by atoms with van der Waals surface area (Å²) in [6, 6.07) is 2.02. The van der Waals surface area contributed by atoms with Gasteiger partial charge in [0.25, 0.3) is 0 Å². The molecule has 0 aliphatic carbocycles. The number of rotatable bonds is 4. The normalized spacial score (nSPS) is 16.4. The van der Waals surface area contributed by atoms with Crippen LogP contribution >= 0.6 is 15.9 Å². The molecule has 2 rings (SSSR count). The van der Waals surface area contributed by atoms with E-state index in [-0.39, 0.29) is 0 Å². The Kier molecular flexibility index (Phi) is 5.11. The molecule has 0 saturated carbocycles. The predicted molar refractivity (Wildman–Crippen MR) is 81.3 cm³/mol. The van der Waals surface area contributed by atoms with E-state index in [1.807, 2.05) is 6.07 Å². The van der Waals surface area contributed by atoms with Crippen molar-refractivity contribution >= 4 is 15.9 Å². The van der Waals surface area contributed by atoms with E-state index in [1.165, 1.54) is 24.0 Å². The summed E-state index contributed by atoms with van der Waals surface area (Å²) in [4.78, 5) is 0. The Morgan fingerprint density at radius 1 is 1.26 bits per heavy atom. The van der Waals surface area contributed by atoms with Gasteiger partial charge in [0.05, 0.1) is 14.2 Å². The Morgan fingerprint density at radius 2 is 1.95 bits per heavy atom. The van der Waals surface area contributed by atoms with Crippen molar-refractivity contribution in [2.45, 2.75) is 26.2 Å². The number of hydrogen-bond acceptors (Lipinski definition) is 3. The Balaban J connectivity index is 2.28. The molecule has 1 aliphatic rings. The van der Waals surface area contributed by atoms with Crippen molar-refractivity contribution < 1.29 is 9.47 Å². The van der Waals surface area contributed by atoms with E-state index in [0.717, 1.165) is 41.4 Å². The fourth-order valence-electron chi connectivity index (χ4n) is 2.80. The Bertz CT molecular complexity index is 442. The van der Waals surface area contributed by atoms with Crippen molar-refractivity contribution in [3.8, 4) is 11.5 Å². The van der Waals surface area contributed by atoms with Gasteiger partial charge in [-0.1, -0.05) is 15.9 Å². The molecule has 0 radical (unpaired) electrons. The lowest BCUT2D eigenvalue weighted by molar-refractivity contribution is 0.348. The van der Waals surface area contributed by atoms with Crippen LogP contribution in [0.1, 0.15) is 24.0 Å². The second-order valence-corrected chi connectivity index (χ2v) is 5.95. The fourth-order valence-corrected chi connectivity index (χ4v) is 3.47. The van der Waals surface area contributed by atoms with Crippen molar-refractivity contribution in [3.05, 3.63) is 21.7 Å².